The highest BCUT2D eigenvalue weighted by Gasteiger charge is 2.57. The fourth-order valence-electron chi connectivity index (χ4n) is 4.35. The third-order valence-electron chi connectivity index (χ3n) is 5.65. The van der Waals surface area contributed by atoms with Gasteiger partial charge in [0.2, 0.25) is 0 Å². The van der Waals surface area contributed by atoms with Crippen LogP contribution in [0.25, 0.3) is 0 Å². The third-order valence-corrected chi connectivity index (χ3v) is 5.65. The Morgan fingerprint density at radius 1 is 1.13 bits per heavy atom. The molecule has 0 aromatic heterocycles. The molecule has 2 saturated carbocycles. The number of likely N-dealkylation sites (tertiary alicyclic amines) is 1. The maximum absolute atomic E-state index is 3.53. The quantitative estimate of drug-likeness (QED) is 0.733. The van der Waals surface area contributed by atoms with Gasteiger partial charge in [0.25, 0.3) is 0 Å². The number of fused-ring (bicyclic) bond motifs is 1. The first-order valence-electron chi connectivity index (χ1n) is 6.79. The van der Waals surface area contributed by atoms with Crippen LogP contribution in [0.4, 0.5) is 0 Å². The Hall–Kier alpha value is -0.0800. The lowest BCUT2D eigenvalue weighted by molar-refractivity contribution is 0.216. The van der Waals surface area contributed by atoms with E-state index in [1.165, 1.54) is 39.1 Å². The van der Waals surface area contributed by atoms with Crippen LogP contribution in [0.5, 0.6) is 0 Å². The molecule has 3 unspecified atom stereocenters. The highest BCUT2D eigenvalue weighted by atomic mass is 15.2. The van der Waals surface area contributed by atoms with Crippen molar-refractivity contribution in [1.82, 2.24) is 10.2 Å². The van der Waals surface area contributed by atoms with Gasteiger partial charge in [0.15, 0.2) is 0 Å². The third kappa shape index (κ3) is 1.31. The van der Waals surface area contributed by atoms with Gasteiger partial charge in [-0.25, -0.2) is 0 Å². The second-order valence-corrected chi connectivity index (χ2v) is 6.51. The van der Waals surface area contributed by atoms with Gasteiger partial charge in [0, 0.05) is 19.6 Å². The van der Waals surface area contributed by atoms with Crippen LogP contribution in [0, 0.1) is 23.2 Å². The van der Waals surface area contributed by atoms with Gasteiger partial charge >= 0.3 is 0 Å². The Morgan fingerprint density at radius 2 is 1.87 bits per heavy atom. The summed E-state index contributed by atoms with van der Waals surface area (Å²) in [5.41, 5.74) is 0.885. The number of hydrogen-bond acceptors (Lipinski definition) is 2. The topological polar surface area (TPSA) is 15.3 Å². The van der Waals surface area contributed by atoms with E-state index in [1.54, 1.807) is 19.3 Å². The first kappa shape index (κ1) is 9.00. The van der Waals surface area contributed by atoms with Crippen molar-refractivity contribution in [2.75, 3.05) is 32.7 Å². The van der Waals surface area contributed by atoms with E-state index < -0.39 is 0 Å². The lowest BCUT2D eigenvalue weighted by atomic mass is 9.80. The molecule has 0 aromatic rings. The van der Waals surface area contributed by atoms with Crippen LogP contribution in [0.3, 0.4) is 0 Å². The summed E-state index contributed by atoms with van der Waals surface area (Å²) < 4.78 is 0. The first-order chi connectivity index (χ1) is 7.36. The predicted octanol–water partition coefficient (Wildman–Crippen LogP) is 1.33. The van der Waals surface area contributed by atoms with E-state index in [2.05, 4.69) is 10.2 Å². The largest absolute Gasteiger partial charge is 0.316 e. The summed E-state index contributed by atoms with van der Waals surface area (Å²) in [5, 5.41) is 3.53. The normalized spacial score (nSPS) is 46.8. The zero-order valence-electron chi connectivity index (χ0n) is 9.54. The smallest absolute Gasteiger partial charge is 0.00257 e. The summed E-state index contributed by atoms with van der Waals surface area (Å²) in [7, 11) is 0. The van der Waals surface area contributed by atoms with Gasteiger partial charge in [0.1, 0.15) is 0 Å². The van der Waals surface area contributed by atoms with Gasteiger partial charge < -0.3 is 10.2 Å². The molecule has 2 aliphatic heterocycles. The second-order valence-electron chi connectivity index (χ2n) is 6.51. The van der Waals surface area contributed by atoms with E-state index in [1.807, 2.05) is 0 Å². The molecule has 1 N–H and O–H groups in total. The van der Waals surface area contributed by atoms with Crippen LogP contribution in [0.15, 0.2) is 0 Å². The molecule has 0 aromatic carbocycles. The molecule has 0 amide bonds. The molecule has 2 aliphatic carbocycles. The van der Waals surface area contributed by atoms with E-state index >= 15 is 0 Å². The van der Waals surface area contributed by atoms with Crippen LogP contribution >= 0.6 is 0 Å². The average Bonchev–Trinajstić information content (AvgIpc) is 2.48. The van der Waals surface area contributed by atoms with E-state index in [4.69, 9.17) is 0 Å². The Morgan fingerprint density at radius 3 is 2.40 bits per heavy atom. The summed E-state index contributed by atoms with van der Waals surface area (Å²) in [6, 6.07) is 0. The Kier molecular flexibility index (Phi) is 1.79. The molecular formula is C13H22N2. The Balaban J connectivity index is 1.33. The molecule has 2 nitrogen and oxygen atoms in total. The van der Waals surface area contributed by atoms with Crippen molar-refractivity contribution in [3.8, 4) is 0 Å². The number of nitrogens with one attached hydrogen (secondary N) is 1. The fraction of sp³-hybridized carbons (Fsp3) is 1.00. The Labute approximate surface area is 92.4 Å². The highest BCUT2D eigenvalue weighted by Crippen LogP contribution is 2.65. The number of nitrogens with zero attached hydrogens (tertiary/aromatic N) is 1. The van der Waals surface area contributed by atoms with E-state index in [9.17, 15) is 0 Å². The fourth-order valence-corrected chi connectivity index (χ4v) is 4.35. The molecule has 2 saturated heterocycles. The van der Waals surface area contributed by atoms with E-state index in [-0.39, 0.29) is 0 Å². The van der Waals surface area contributed by atoms with Crippen LogP contribution in [-0.2, 0) is 0 Å². The molecule has 2 heterocycles. The number of rotatable bonds is 2. The van der Waals surface area contributed by atoms with Crippen molar-refractivity contribution < 1.29 is 0 Å². The first-order valence-corrected chi connectivity index (χ1v) is 6.79. The minimum atomic E-state index is 0.885. The van der Waals surface area contributed by atoms with Gasteiger partial charge in [-0.3, -0.25) is 0 Å². The lowest BCUT2D eigenvalue weighted by Gasteiger charge is -2.28. The predicted molar refractivity (Wildman–Crippen MR) is 60.7 cm³/mol. The van der Waals surface area contributed by atoms with Gasteiger partial charge in [-0.15, -0.1) is 0 Å². The van der Waals surface area contributed by atoms with Crippen molar-refractivity contribution in [2.45, 2.75) is 25.7 Å². The summed E-state index contributed by atoms with van der Waals surface area (Å²) in [4.78, 5) is 2.77. The molecule has 3 atom stereocenters. The zero-order valence-corrected chi connectivity index (χ0v) is 9.54. The standard InChI is InChI=1S/C13H22N2/c1-2-13(3-1)4-12(13)9-15-7-10-5-14-6-11(10)8-15/h10-12,14H,1-9H2. The Bertz CT molecular complexity index is 260. The molecule has 1 spiro atoms. The summed E-state index contributed by atoms with van der Waals surface area (Å²) >= 11 is 0. The van der Waals surface area contributed by atoms with Crippen molar-refractivity contribution >= 4 is 0 Å². The van der Waals surface area contributed by atoms with E-state index in [0.717, 1.165) is 23.2 Å². The second kappa shape index (κ2) is 2.98. The molecule has 4 fully saturated rings. The van der Waals surface area contributed by atoms with Crippen LogP contribution < -0.4 is 5.32 Å². The summed E-state index contributed by atoms with van der Waals surface area (Å²) in [5.74, 6) is 3.07. The van der Waals surface area contributed by atoms with Gasteiger partial charge in [-0.2, -0.15) is 0 Å². The molecular weight excluding hydrogens is 184 g/mol. The minimum absolute atomic E-state index is 0.885. The molecule has 0 bridgehead atoms. The molecule has 0 radical (unpaired) electrons. The highest BCUT2D eigenvalue weighted by molar-refractivity contribution is 5.08. The molecule has 4 aliphatic rings. The minimum Gasteiger partial charge on any atom is -0.316 e. The SMILES string of the molecule is C1CC2(C1)CC2CN1CC2CNCC2C1. The number of hydrogen-bond donors (Lipinski definition) is 1. The van der Waals surface area contributed by atoms with Crippen LogP contribution in [-0.4, -0.2) is 37.6 Å². The van der Waals surface area contributed by atoms with Crippen LogP contribution in [0.2, 0.25) is 0 Å². The molecule has 4 rings (SSSR count). The zero-order chi connectivity index (χ0) is 9.88. The summed E-state index contributed by atoms with van der Waals surface area (Å²) in [6.07, 6.45) is 6.20. The molecule has 84 valence electrons. The average molecular weight is 206 g/mol. The maximum atomic E-state index is 3.53. The van der Waals surface area contributed by atoms with Crippen molar-refractivity contribution in [3.05, 3.63) is 0 Å². The molecule has 2 heteroatoms. The van der Waals surface area contributed by atoms with Gasteiger partial charge in [-0.05, 0) is 55.5 Å². The van der Waals surface area contributed by atoms with Crippen molar-refractivity contribution in [2.24, 2.45) is 23.2 Å². The molecule has 15 heavy (non-hydrogen) atoms. The van der Waals surface area contributed by atoms with Gasteiger partial charge in [-0.1, -0.05) is 6.42 Å². The lowest BCUT2D eigenvalue weighted by Crippen LogP contribution is -2.29. The summed E-state index contributed by atoms with van der Waals surface area (Å²) in [6.45, 7) is 6.80. The van der Waals surface area contributed by atoms with Crippen LogP contribution in [0.1, 0.15) is 25.7 Å². The van der Waals surface area contributed by atoms with E-state index in [0.29, 0.717) is 0 Å². The van der Waals surface area contributed by atoms with Crippen molar-refractivity contribution in [1.29, 1.82) is 0 Å². The van der Waals surface area contributed by atoms with Gasteiger partial charge in [0.05, 0.1) is 0 Å². The monoisotopic (exact) mass is 206 g/mol. The van der Waals surface area contributed by atoms with Crippen molar-refractivity contribution in [3.63, 3.8) is 0 Å². The maximum Gasteiger partial charge on any atom is 0.00257 e.